The molecule has 3 aromatic rings. The number of carbonyl (C=O) groups is 3. The fraction of sp³-hybridized carbons (Fsp3) is 0.406. The quantitative estimate of drug-likeness (QED) is 0.359. The fourth-order valence-corrected chi connectivity index (χ4v) is 7.30. The van der Waals surface area contributed by atoms with Crippen LogP contribution in [0.5, 0.6) is 0 Å². The van der Waals surface area contributed by atoms with E-state index >= 15 is 0 Å². The van der Waals surface area contributed by atoms with Gasteiger partial charge in [0.15, 0.2) is 0 Å². The molecule has 5 heterocycles. The van der Waals surface area contributed by atoms with Gasteiger partial charge in [-0.3, -0.25) is 14.4 Å². The van der Waals surface area contributed by atoms with Crippen molar-refractivity contribution in [2.75, 3.05) is 19.8 Å². The van der Waals surface area contributed by atoms with Gasteiger partial charge in [0.1, 0.15) is 29.7 Å². The number of cyclic esters (lactones) is 1. The van der Waals surface area contributed by atoms with Crippen LogP contribution in [0, 0.1) is 11.8 Å². The normalized spacial score (nSPS) is 31.9. The van der Waals surface area contributed by atoms with Crippen molar-refractivity contribution >= 4 is 28.8 Å². The summed E-state index contributed by atoms with van der Waals surface area (Å²) in [6, 6.07) is 14.6. The highest BCUT2D eigenvalue weighted by Crippen LogP contribution is 2.58. The number of para-hydroxylation sites is 1. The maximum absolute atomic E-state index is 14.8. The summed E-state index contributed by atoms with van der Waals surface area (Å²) in [6.45, 7) is 1.90. The fourth-order valence-electron chi connectivity index (χ4n) is 7.30. The van der Waals surface area contributed by atoms with Crippen LogP contribution in [0.4, 0.5) is 0 Å². The van der Waals surface area contributed by atoms with E-state index in [9.17, 15) is 19.5 Å². The SMILES string of the molecule is C[C@]12/C=C\CCCOC(=O)[C@H]1[C@H]1C(=O)N([C@H](CO)c3ccccc3)C3C(=O)N(Cn4nnc5ccccc54)CC=C[C@@]31O2. The maximum Gasteiger partial charge on any atom is 0.313 e. The van der Waals surface area contributed by atoms with Crippen molar-refractivity contribution in [1.29, 1.82) is 0 Å². The van der Waals surface area contributed by atoms with E-state index in [1.54, 1.807) is 22.6 Å². The van der Waals surface area contributed by atoms with Crippen LogP contribution in [0.1, 0.15) is 31.4 Å². The van der Waals surface area contributed by atoms with Gasteiger partial charge in [-0.25, -0.2) is 4.68 Å². The number of ether oxygens (including phenoxy) is 2. The third kappa shape index (κ3) is 4.21. The minimum Gasteiger partial charge on any atom is -0.465 e. The van der Waals surface area contributed by atoms with Crippen molar-refractivity contribution in [3.8, 4) is 0 Å². The van der Waals surface area contributed by atoms with Crippen LogP contribution in [0.15, 0.2) is 78.9 Å². The summed E-state index contributed by atoms with van der Waals surface area (Å²) >= 11 is 0. The van der Waals surface area contributed by atoms with E-state index in [1.165, 1.54) is 4.90 Å². The van der Waals surface area contributed by atoms with Gasteiger partial charge >= 0.3 is 5.97 Å². The standard InChI is InChI=1S/C32H33N5O6/c1-31-15-8-3-9-18-42-30(41)26(31)25-28(39)37(24(19-38)21-11-4-2-5-12-21)27-29(40)35(17-10-16-32(25,27)43-31)20-36-23-14-7-6-13-22(23)33-34-36/h2,4-8,10-16,24-27,38H,3,9,17-20H2,1H3/b15-8-/t24-,25+,26-,27?,31+,32+/m1/s1. The Morgan fingerprint density at radius 1 is 1.00 bits per heavy atom. The van der Waals surface area contributed by atoms with Gasteiger partial charge in [-0.05, 0) is 37.5 Å². The molecule has 0 aliphatic carbocycles. The first kappa shape index (κ1) is 27.5. The van der Waals surface area contributed by atoms with Crippen molar-refractivity contribution < 1.29 is 29.0 Å². The van der Waals surface area contributed by atoms with E-state index < -0.39 is 53.6 Å². The average Bonchev–Trinajstić information content (AvgIpc) is 3.58. The molecular weight excluding hydrogens is 550 g/mol. The second-order valence-electron chi connectivity index (χ2n) is 11.7. The Morgan fingerprint density at radius 3 is 2.60 bits per heavy atom. The molecule has 0 saturated carbocycles. The highest BCUT2D eigenvalue weighted by Gasteiger charge is 2.75. The smallest absolute Gasteiger partial charge is 0.313 e. The Labute approximate surface area is 248 Å². The van der Waals surface area contributed by atoms with Crippen LogP contribution in [0.2, 0.25) is 0 Å². The summed E-state index contributed by atoms with van der Waals surface area (Å²) < 4.78 is 14.2. The number of rotatable bonds is 5. The summed E-state index contributed by atoms with van der Waals surface area (Å²) in [5, 5.41) is 19.2. The first-order chi connectivity index (χ1) is 20.9. The van der Waals surface area contributed by atoms with Crippen LogP contribution >= 0.6 is 0 Å². The maximum atomic E-state index is 14.8. The van der Waals surface area contributed by atoms with Gasteiger partial charge in [-0.2, -0.15) is 0 Å². The number of aromatic nitrogens is 3. The lowest BCUT2D eigenvalue weighted by molar-refractivity contribution is -0.161. The van der Waals surface area contributed by atoms with E-state index in [0.717, 1.165) is 5.52 Å². The van der Waals surface area contributed by atoms with Crippen molar-refractivity contribution in [3.05, 3.63) is 84.5 Å². The third-order valence-corrected chi connectivity index (χ3v) is 9.19. The van der Waals surface area contributed by atoms with Crippen molar-refractivity contribution in [2.45, 2.75) is 49.7 Å². The number of nitrogens with zero attached hydrogens (tertiary/aromatic N) is 5. The van der Waals surface area contributed by atoms with E-state index in [0.29, 0.717) is 23.9 Å². The van der Waals surface area contributed by atoms with Gasteiger partial charge in [-0.1, -0.05) is 72.0 Å². The minimum absolute atomic E-state index is 0.0841. The number of hydrogen-bond donors (Lipinski definition) is 1. The minimum atomic E-state index is -1.47. The largest absolute Gasteiger partial charge is 0.465 e. The van der Waals surface area contributed by atoms with Crippen LogP contribution < -0.4 is 0 Å². The molecule has 2 saturated heterocycles. The summed E-state index contributed by atoms with van der Waals surface area (Å²) in [7, 11) is 0. The number of aliphatic hydroxyl groups is 1. The van der Waals surface area contributed by atoms with Crippen LogP contribution in [0.25, 0.3) is 11.0 Å². The van der Waals surface area contributed by atoms with Crippen molar-refractivity contribution in [1.82, 2.24) is 24.8 Å². The number of carbonyl (C=O) groups excluding carboxylic acids is 3. The summed E-state index contributed by atoms with van der Waals surface area (Å²) in [4.78, 5) is 46.1. The Morgan fingerprint density at radius 2 is 1.79 bits per heavy atom. The van der Waals surface area contributed by atoms with Crippen molar-refractivity contribution in [2.24, 2.45) is 11.8 Å². The molecule has 4 aliphatic rings. The molecule has 2 fully saturated rings. The van der Waals surface area contributed by atoms with Crippen LogP contribution in [0.3, 0.4) is 0 Å². The molecule has 2 amide bonds. The number of esters is 1. The summed E-state index contributed by atoms with van der Waals surface area (Å²) in [5.41, 5.74) is -0.529. The number of fused-ring (bicyclic) bond motifs is 3. The lowest BCUT2D eigenvalue weighted by atomic mass is 9.74. The second kappa shape index (κ2) is 10.4. The molecule has 222 valence electrons. The first-order valence-electron chi connectivity index (χ1n) is 14.7. The molecule has 11 nitrogen and oxygen atoms in total. The molecule has 1 N–H and O–H groups in total. The van der Waals surface area contributed by atoms with Crippen molar-refractivity contribution in [3.63, 3.8) is 0 Å². The van der Waals surface area contributed by atoms with E-state index in [2.05, 4.69) is 10.3 Å². The molecule has 43 heavy (non-hydrogen) atoms. The van der Waals surface area contributed by atoms with Gasteiger partial charge in [0, 0.05) is 6.54 Å². The molecule has 11 heteroatoms. The Hall–Kier alpha value is -4.35. The van der Waals surface area contributed by atoms with Crippen LogP contribution in [-0.4, -0.2) is 84.7 Å². The number of amides is 2. The summed E-state index contributed by atoms with van der Waals surface area (Å²) in [6.07, 6.45) is 8.75. The Balaban J connectivity index is 1.36. The van der Waals surface area contributed by atoms with Gasteiger partial charge in [0.25, 0.3) is 5.91 Å². The van der Waals surface area contributed by atoms with Crippen LogP contribution in [-0.2, 0) is 30.5 Å². The zero-order valence-electron chi connectivity index (χ0n) is 23.8. The lowest BCUT2D eigenvalue weighted by Gasteiger charge is -2.40. The molecular formula is C32H33N5O6. The van der Waals surface area contributed by atoms with Gasteiger partial charge < -0.3 is 24.4 Å². The van der Waals surface area contributed by atoms with Gasteiger partial charge in [0.2, 0.25) is 5.91 Å². The molecule has 0 bridgehead atoms. The Kier molecular flexibility index (Phi) is 6.66. The molecule has 4 aliphatic heterocycles. The zero-order valence-corrected chi connectivity index (χ0v) is 23.8. The number of likely N-dealkylation sites (tertiary alicyclic amines) is 1. The molecule has 2 aromatic carbocycles. The summed E-state index contributed by atoms with van der Waals surface area (Å²) in [5.74, 6) is -3.36. The number of allylic oxidation sites excluding steroid dienone is 1. The third-order valence-electron chi connectivity index (χ3n) is 9.19. The molecule has 1 spiro atoms. The molecule has 1 aromatic heterocycles. The highest BCUT2D eigenvalue weighted by atomic mass is 16.6. The highest BCUT2D eigenvalue weighted by molar-refractivity contribution is 5.99. The number of hydrogen-bond acceptors (Lipinski definition) is 8. The molecule has 6 atom stereocenters. The predicted octanol–water partition coefficient (Wildman–Crippen LogP) is 2.38. The van der Waals surface area contributed by atoms with E-state index in [1.807, 2.05) is 72.8 Å². The van der Waals surface area contributed by atoms with E-state index in [4.69, 9.17) is 9.47 Å². The van der Waals surface area contributed by atoms with Gasteiger partial charge in [-0.15, -0.1) is 5.10 Å². The second-order valence-corrected chi connectivity index (χ2v) is 11.7. The Bertz CT molecular complexity index is 1640. The zero-order chi connectivity index (χ0) is 29.8. The number of benzene rings is 2. The molecule has 0 radical (unpaired) electrons. The molecule has 1 unspecified atom stereocenters. The lowest BCUT2D eigenvalue weighted by Crippen LogP contribution is -2.57. The van der Waals surface area contributed by atoms with Gasteiger partial charge in [0.05, 0.1) is 36.3 Å². The predicted molar refractivity (Wildman–Crippen MR) is 154 cm³/mol. The molecule has 7 rings (SSSR count). The average molecular weight is 584 g/mol. The first-order valence-corrected chi connectivity index (χ1v) is 14.7. The topological polar surface area (TPSA) is 127 Å². The monoisotopic (exact) mass is 583 g/mol. The van der Waals surface area contributed by atoms with E-state index in [-0.39, 0.29) is 25.7 Å². The number of aliphatic hydroxyl groups excluding tert-OH is 1.